The second-order valence-corrected chi connectivity index (χ2v) is 6.55. The number of aromatic nitrogens is 4. The molecule has 23 heavy (non-hydrogen) atoms. The van der Waals surface area contributed by atoms with Crippen LogP contribution in [0.15, 0.2) is 5.16 Å². The predicted molar refractivity (Wildman–Crippen MR) is 85.0 cm³/mol. The lowest BCUT2D eigenvalue weighted by atomic mass is 10.1. The molecule has 0 atom stereocenters. The first-order valence-corrected chi connectivity index (χ1v) is 8.35. The number of nitrogens with one attached hydrogen (secondary N) is 2. The minimum atomic E-state index is -0.439. The minimum absolute atomic E-state index is 0.0940. The second kappa shape index (κ2) is 6.19. The number of hydrogen-bond donors (Lipinski definition) is 2. The molecule has 1 fully saturated rings. The van der Waals surface area contributed by atoms with Crippen LogP contribution in [0.1, 0.15) is 56.7 Å². The summed E-state index contributed by atoms with van der Waals surface area (Å²) in [5, 5.41) is 7.61. The Morgan fingerprint density at radius 1 is 1.35 bits per heavy atom. The van der Waals surface area contributed by atoms with Crippen LogP contribution in [-0.4, -0.2) is 44.8 Å². The van der Waals surface area contributed by atoms with Gasteiger partial charge in [-0.25, -0.2) is 9.78 Å². The van der Waals surface area contributed by atoms with E-state index in [0.717, 1.165) is 18.7 Å². The third-order valence-corrected chi connectivity index (χ3v) is 4.73. The van der Waals surface area contributed by atoms with E-state index in [1.807, 2.05) is 0 Å². The maximum absolute atomic E-state index is 12.4. The standard InChI is InChI=1S/C15H18N4O3S/c1-7-11(14(21)22-3)8(2)16-12(7)10(20)6-23-15-17-13(18-19-15)9-4-5-9/h9,16H,4-6H2,1-3H3,(H,17,18,19). The SMILES string of the molecule is COC(=O)c1c(C)[nH]c(C(=O)CSc2n[nH]c(C3CC3)n2)c1C. The van der Waals surface area contributed by atoms with Gasteiger partial charge in [0.15, 0.2) is 5.78 Å². The van der Waals surface area contributed by atoms with E-state index in [-0.39, 0.29) is 11.5 Å². The number of methoxy groups -OCH3 is 1. The van der Waals surface area contributed by atoms with Crippen molar-refractivity contribution in [1.29, 1.82) is 0 Å². The highest BCUT2D eigenvalue weighted by Crippen LogP contribution is 2.38. The summed E-state index contributed by atoms with van der Waals surface area (Å²) in [4.78, 5) is 31.5. The predicted octanol–water partition coefficient (Wildman–Crippen LogP) is 2.39. The van der Waals surface area contributed by atoms with Crippen LogP contribution in [0.2, 0.25) is 0 Å². The molecule has 0 saturated heterocycles. The van der Waals surface area contributed by atoms with E-state index in [1.165, 1.54) is 18.9 Å². The van der Waals surface area contributed by atoms with Crippen LogP contribution in [-0.2, 0) is 4.74 Å². The Kier molecular flexibility index (Phi) is 4.25. The number of nitrogens with zero attached hydrogens (tertiary/aromatic N) is 2. The number of esters is 1. The third-order valence-electron chi connectivity index (χ3n) is 3.88. The summed E-state index contributed by atoms with van der Waals surface area (Å²) in [6.07, 6.45) is 2.30. The molecule has 2 aromatic heterocycles. The quantitative estimate of drug-likeness (QED) is 0.478. The molecule has 0 amide bonds. The lowest BCUT2D eigenvalue weighted by molar-refractivity contribution is 0.0599. The molecule has 0 spiro atoms. The average molecular weight is 334 g/mol. The smallest absolute Gasteiger partial charge is 0.339 e. The van der Waals surface area contributed by atoms with Crippen LogP contribution < -0.4 is 0 Å². The van der Waals surface area contributed by atoms with E-state index < -0.39 is 5.97 Å². The van der Waals surface area contributed by atoms with Gasteiger partial charge < -0.3 is 9.72 Å². The van der Waals surface area contributed by atoms with Crippen LogP contribution in [0, 0.1) is 13.8 Å². The van der Waals surface area contributed by atoms with E-state index >= 15 is 0 Å². The Hall–Kier alpha value is -2.09. The number of aromatic amines is 2. The van der Waals surface area contributed by atoms with Gasteiger partial charge in [0.2, 0.25) is 5.16 Å². The van der Waals surface area contributed by atoms with Gasteiger partial charge in [-0.15, -0.1) is 5.10 Å². The number of rotatable bonds is 6. The number of aryl methyl sites for hydroxylation is 1. The zero-order valence-electron chi connectivity index (χ0n) is 13.2. The number of carbonyl (C=O) groups excluding carboxylic acids is 2. The van der Waals surface area contributed by atoms with Crippen molar-refractivity contribution in [2.75, 3.05) is 12.9 Å². The summed E-state index contributed by atoms with van der Waals surface area (Å²) >= 11 is 1.29. The van der Waals surface area contributed by atoms with Crippen molar-refractivity contribution in [3.8, 4) is 0 Å². The van der Waals surface area contributed by atoms with Gasteiger partial charge in [-0.3, -0.25) is 9.89 Å². The molecule has 0 aromatic carbocycles. The van der Waals surface area contributed by atoms with Crippen LogP contribution >= 0.6 is 11.8 Å². The van der Waals surface area contributed by atoms with Gasteiger partial charge in [0.05, 0.1) is 24.1 Å². The average Bonchev–Trinajstić information content (AvgIpc) is 3.20. The molecule has 0 aliphatic heterocycles. The Morgan fingerprint density at radius 2 is 2.09 bits per heavy atom. The number of ether oxygens (including phenoxy) is 1. The molecule has 0 unspecified atom stereocenters. The molecule has 1 saturated carbocycles. The number of carbonyl (C=O) groups is 2. The number of ketones is 1. The molecule has 122 valence electrons. The Balaban J connectivity index is 1.69. The summed E-state index contributed by atoms with van der Waals surface area (Å²) in [5.41, 5.74) is 2.12. The minimum Gasteiger partial charge on any atom is -0.465 e. The molecule has 3 rings (SSSR count). The molecular formula is C15H18N4O3S. The molecular weight excluding hydrogens is 316 g/mol. The fraction of sp³-hybridized carbons (Fsp3) is 0.467. The summed E-state index contributed by atoms with van der Waals surface area (Å²) in [6.45, 7) is 3.49. The van der Waals surface area contributed by atoms with Crippen molar-refractivity contribution >= 4 is 23.5 Å². The van der Waals surface area contributed by atoms with Gasteiger partial charge in [-0.2, -0.15) is 0 Å². The summed E-state index contributed by atoms with van der Waals surface area (Å²) in [7, 11) is 1.33. The largest absolute Gasteiger partial charge is 0.465 e. The number of H-pyrrole nitrogens is 2. The summed E-state index contributed by atoms with van der Waals surface area (Å²) < 4.78 is 4.75. The molecule has 0 bridgehead atoms. The first kappa shape index (κ1) is 15.8. The number of thioether (sulfide) groups is 1. The highest BCUT2D eigenvalue weighted by molar-refractivity contribution is 7.99. The van der Waals surface area contributed by atoms with Gasteiger partial charge in [-0.1, -0.05) is 11.8 Å². The Morgan fingerprint density at radius 3 is 2.74 bits per heavy atom. The summed E-state index contributed by atoms with van der Waals surface area (Å²) in [5.74, 6) is 1.08. The van der Waals surface area contributed by atoms with Gasteiger partial charge in [0.1, 0.15) is 5.82 Å². The normalized spacial score (nSPS) is 14.0. The first-order chi connectivity index (χ1) is 11.0. The van der Waals surface area contributed by atoms with Crippen molar-refractivity contribution in [3.05, 3.63) is 28.3 Å². The molecule has 2 aromatic rings. The molecule has 2 heterocycles. The zero-order chi connectivity index (χ0) is 16.6. The lowest BCUT2D eigenvalue weighted by Crippen LogP contribution is -2.07. The lowest BCUT2D eigenvalue weighted by Gasteiger charge is -2.00. The fourth-order valence-corrected chi connectivity index (χ4v) is 3.18. The molecule has 1 aliphatic carbocycles. The number of hydrogen-bond acceptors (Lipinski definition) is 6. The van der Waals surface area contributed by atoms with Gasteiger partial charge in [0, 0.05) is 11.6 Å². The van der Waals surface area contributed by atoms with Crippen LogP contribution in [0.3, 0.4) is 0 Å². The van der Waals surface area contributed by atoms with Crippen molar-refractivity contribution in [2.24, 2.45) is 0 Å². The third kappa shape index (κ3) is 3.17. The van der Waals surface area contributed by atoms with Crippen molar-refractivity contribution in [3.63, 3.8) is 0 Å². The van der Waals surface area contributed by atoms with E-state index in [2.05, 4.69) is 20.2 Å². The van der Waals surface area contributed by atoms with Gasteiger partial charge >= 0.3 is 5.97 Å². The monoisotopic (exact) mass is 334 g/mol. The van der Waals surface area contributed by atoms with Crippen LogP contribution in [0.5, 0.6) is 0 Å². The van der Waals surface area contributed by atoms with Crippen molar-refractivity contribution in [2.45, 2.75) is 37.8 Å². The van der Waals surface area contributed by atoms with E-state index in [4.69, 9.17) is 4.74 Å². The van der Waals surface area contributed by atoms with E-state index in [0.29, 0.717) is 33.6 Å². The second-order valence-electron chi connectivity index (χ2n) is 5.61. The van der Waals surface area contributed by atoms with E-state index in [1.54, 1.807) is 13.8 Å². The fourth-order valence-electron chi connectivity index (χ4n) is 2.50. The highest BCUT2D eigenvalue weighted by atomic mass is 32.2. The maximum Gasteiger partial charge on any atom is 0.339 e. The van der Waals surface area contributed by atoms with Crippen LogP contribution in [0.4, 0.5) is 0 Å². The zero-order valence-corrected chi connectivity index (χ0v) is 14.0. The molecule has 8 heteroatoms. The van der Waals surface area contributed by atoms with Gasteiger partial charge in [-0.05, 0) is 32.3 Å². The molecule has 7 nitrogen and oxygen atoms in total. The Bertz CT molecular complexity index is 761. The number of Topliss-reactive ketones (excluding diaryl/α,β-unsaturated/α-hetero) is 1. The first-order valence-electron chi connectivity index (χ1n) is 7.37. The van der Waals surface area contributed by atoms with Gasteiger partial charge in [0.25, 0.3) is 0 Å². The topological polar surface area (TPSA) is 101 Å². The summed E-state index contributed by atoms with van der Waals surface area (Å²) in [6, 6.07) is 0. The van der Waals surface area contributed by atoms with Crippen LogP contribution in [0.25, 0.3) is 0 Å². The maximum atomic E-state index is 12.4. The van der Waals surface area contributed by atoms with Crippen molar-refractivity contribution in [1.82, 2.24) is 20.2 Å². The Labute approximate surface area is 137 Å². The molecule has 1 aliphatic rings. The molecule has 2 N–H and O–H groups in total. The highest BCUT2D eigenvalue weighted by Gasteiger charge is 2.27. The molecule has 0 radical (unpaired) electrons. The van der Waals surface area contributed by atoms with Crippen molar-refractivity contribution < 1.29 is 14.3 Å². The van der Waals surface area contributed by atoms with E-state index in [9.17, 15) is 9.59 Å².